The summed E-state index contributed by atoms with van der Waals surface area (Å²) in [6, 6.07) is 2.34. The number of hydrogen-bond donors (Lipinski definition) is 1. The Labute approximate surface area is 133 Å². The fourth-order valence-corrected chi connectivity index (χ4v) is 1.91. The first-order chi connectivity index (χ1) is 11.2. The number of rotatable bonds is 5. The minimum absolute atomic E-state index is 0.408. The van der Waals surface area contributed by atoms with Crippen LogP contribution in [0.2, 0.25) is 0 Å². The second kappa shape index (κ2) is 6.69. The Hall–Kier alpha value is -2.90. The minimum atomic E-state index is -1.49. The van der Waals surface area contributed by atoms with Crippen LogP contribution in [-0.2, 0) is 0 Å². The molecule has 126 valence electrons. The lowest BCUT2D eigenvalue weighted by molar-refractivity contribution is 0.0913. The highest BCUT2D eigenvalue weighted by atomic mass is 19.2. The predicted molar refractivity (Wildman–Crippen MR) is 74.2 cm³/mol. The molecule has 0 saturated carbocycles. The van der Waals surface area contributed by atoms with Gasteiger partial charge in [-0.25, -0.2) is 17.6 Å². The van der Waals surface area contributed by atoms with Crippen LogP contribution < -0.4 is 4.74 Å². The Morgan fingerprint density at radius 2 is 1.62 bits per heavy atom. The smallest absolute Gasteiger partial charge is 0.203 e. The van der Waals surface area contributed by atoms with Gasteiger partial charge in [0.2, 0.25) is 5.78 Å². The second-order valence-corrected chi connectivity index (χ2v) is 4.82. The molecule has 0 heterocycles. The lowest BCUT2D eigenvalue weighted by Crippen LogP contribution is -2.15. The molecular formula is C16H10F4O4. The average molecular weight is 342 g/mol. The van der Waals surface area contributed by atoms with E-state index in [0.717, 1.165) is 13.0 Å². The average Bonchev–Trinajstić information content (AvgIpc) is 2.49. The van der Waals surface area contributed by atoms with Gasteiger partial charge in [0.25, 0.3) is 0 Å². The molecular weight excluding hydrogens is 332 g/mol. The summed E-state index contributed by atoms with van der Waals surface area (Å²) in [4.78, 5) is 23.0. The zero-order valence-corrected chi connectivity index (χ0v) is 12.2. The van der Waals surface area contributed by atoms with E-state index >= 15 is 0 Å². The first-order valence-corrected chi connectivity index (χ1v) is 6.54. The molecule has 0 fully saturated rings. The number of ketones is 2. The second-order valence-electron chi connectivity index (χ2n) is 4.82. The van der Waals surface area contributed by atoms with E-state index < -0.39 is 64.1 Å². The summed E-state index contributed by atoms with van der Waals surface area (Å²) >= 11 is 0. The zero-order valence-electron chi connectivity index (χ0n) is 12.2. The van der Waals surface area contributed by atoms with E-state index in [1.54, 1.807) is 0 Å². The Morgan fingerprint density at radius 3 is 2.25 bits per heavy atom. The number of halogens is 4. The van der Waals surface area contributed by atoms with Crippen molar-refractivity contribution in [1.29, 1.82) is 0 Å². The van der Waals surface area contributed by atoms with E-state index in [2.05, 4.69) is 0 Å². The van der Waals surface area contributed by atoms with Crippen LogP contribution in [0.3, 0.4) is 0 Å². The first-order valence-electron chi connectivity index (χ1n) is 6.54. The van der Waals surface area contributed by atoms with E-state index in [0.29, 0.717) is 18.2 Å². The van der Waals surface area contributed by atoms with Crippen LogP contribution in [0.25, 0.3) is 0 Å². The Morgan fingerprint density at radius 1 is 0.958 bits per heavy atom. The van der Waals surface area contributed by atoms with Crippen molar-refractivity contribution in [3.8, 4) is 11.5 Å². The number of phenolic OH excluding ortho intramolecular Hbond substituents is 1. The molecule has 0 spiro atoms. The molecule has 0 radical (unpaired) electrons. The Bertz CT molecular complexity index is 833. The van der Waals surface area contributed by atoms with E-state index in [4.69, 9.17) is 4.74 Å². The summed E-state index contributed by atoms with van der Waals surface area (Å²) in [6.45, 7) is 0.135. The number of carbonyl (C=O) groups excluding carboxylic acids is 2. The van der Waals surface area contributed by atoms with Gasteiger partial charge in [-0.05, 0) is 19.1 Å². The molecule has 1 N–H and O–H groups in total. The van der Waals surface area contributed by atoms with Crippen LogP contribution >= 0.6 is 0 Å². The standard InChI is InChI=1S/C16H10F4O4/c1-7(21)9-4-15(12(18)5-11(9)17)24-6-14(23)10-2-8(22)3-13(19)16(10)20/h2-5,22H,6H2,1H3. The summed E-state index contributed by atoms with van der Waals surface area (Å²) < 4.78 is 58.5. The molecule has 2 aromatic rings. The summed E-state index contributed by atoms with van der Waals surface area (Å²) in [5.41, 5.74) is -1.24. The van der Waals surface area contributed by atoms with Gasteiger partial charge in [-0.3, -0.25) is 9.59 Å². The fourth-order valence-electron chi connectivity index (χ4n) is 1.91. The van der Waals surface area contributed by atoms with Crippen molar-refractivity contribution in [3.05, 3.63) is 58.7 Å². The van der Waals surface area contributed by atoms with Crippen LogP contribution in [0, 0.1) is 23.3 Å². The number of Topliss-reactive ketones (excluding diaryl/α,β-unsaturated/α-hetero) is 2. The lowest BCUT2D eigenvalue weighted by Gasteiger charge is -2.09. The summed E-state index contributed by atoms with van der Waals surface area (Å²) in [7, 11) is 0. The third-order valence-corrected chi connectivity index (χ3v) is 3.07. The van der Waals surface area contributed by atoms with Crippen molar-refractivity contribution in [1.82, 2.24) is 0 Å². The van der Waals surface area contributed by atoms with Crippen LogP contribution in [0.15, 0.2) is 24.3 Å². The number of ether oxygens (including phenoxy) is 1. The molecule has 2 aromatic carbocycles. The van der Waals surface area contributed by atoms with Crippen molar-refractivity contribution < 1.29 is 37.0 Å². The number of hydrogen-bond acceptors (Lipinski definition) is 4. The van der Waals surface area contributed by atoms with Gasteiger partial charge in [0, 0.05) is 12.1 Å². The Kier molecular flexibility index (Phi) is 4.87. The van der Waals surface area contributed by atoms with E-state index in [1.807, 2.05) is 0 Å². The SMILES string of the molecule is CC(=O)c1cc(OCC(=O)c2cc(O)cc(F)c2F)c(F)cc1F. The molecule has 0 unspecified atom stereocenters. The molecule has 0 atom stereocenters. The maximum atomic E-state index is 13.6. The third-order valence-electron chi connectivity index (χ3n) is 3.07. The van der Waals surface area contributed by atoms with E-state index in [9.17, 15) is 32.3 Å². The van der Waals surface area contributed by atoms with Crippen LogP contribution in [0.5, 0.6) is 11.5 Å². The topological polar surface area (TPSA) is 63.6 Å². The van der Waals surface area contributed by atoms with Gasteiger partial charge in [0.1, 0.15) is 11.6 Å². The molecule has 0 aliphatic carbocycles. The predicted octanol–water partition coefficient (Wildman–Crippen LogP) is 3.41. The summed E-state index contributed by atoms with van der Waals surface area (Å²) in [5, 5.41) is 9.19. The first kappa shape index (κ1) is 17.5. The molecule has 0 aliphatic heterocycles. The molecule has 0 aliphatic rings. The highest BCUT2D eigenvalue weighted by Crippen LogP contribution is 2.24. The molecule has 2 rings (SSSR count). The molecule has 24 heavy (non-hydrogen) atoms. The van der Waals surface area contributed by atoms with Gasteiger partial charge in [-0.15, -0.1) is 0 Å². The largest absolute Gasteiger partial charge is 0.508 e. The molecule has 0 aromatic heterocycles. The molecule has 4 nitrogen and oxygen atoms in total. The van der Waals surface area contributed by atoms with Crippen LogP contribution in [0.1, 0.15) is 27.6 Å². The lowest BCUT2D eigenvalue weighted by atomic mass is 10.1. The summed E-state index contributed by atoms with van der Waals surface area (Å²) in [6.07, 6.45) is 0. The number of aromatic hydroxyl groups is 1. The zero-order chi connectivity index (χ0) is 18.0. The maximum absolute atomic E-state index is 13.6. The normalized spacial score (nSPS) is 10.5. The monoisotopic (exact) mass is 342 g/mol. The highest BCUT2D eigenvalue weighted by molar-refractivity contribution is 5.98. The Balaban J connectivity index is 2.24. The van der Waals surface area contributed by atoms with E-state index in [-0.39, 0.29) is 0 Å². The van der Waals surface area contributed by atoms with Crippen molar-refractivity contribution >= 4 is 11.6 Å². The molecule has 8 heteroatoms. The van der Waals surface area contributed by atoms with Gasteiger partial charge in [-0.1, -0.05) is 0 Å². The number of benzene rings is 2. The van der Waals surface area contributed by atoms with Gasteiger partial charge in [0.15, 0.2) is 35.6 Å². The minimum Gasteiger partial charge on any atom is -0.508 e. The van der Waals surface area contributed by atoms with Gasteiger partial charge >= 0.3 is 0 Å². The maximum Gasteiger partial charge on any atom is 0.203 e. The summed E-state index contributed by atoms with van der Waals surface area (Å²) in [5.74, 6) is -8.26. The van der Waals surface area contributed by atoms with Crippen molar-refractivity contribution in [3.63, 3.8) is 0 Å². The molecule has 0 bridgehead atoms. The van der Waals surface area contributed by atoms with Gasteiger partial charge < -0.3 is 9.84 Å². The van der Waals surface area contributed by atoms with Crippen LogP contribution in [0.4, 0.5) is 17.6 Å². The third kappa shape index (κ3) is 3.53. The molecule has 0 saturated heterocycles. The van der Waals surface area contributed by atoms with Crippen LogP contribution in [-0.4, -0.2) is 23.3 Å². The molecule has 0 amide bonds. The highest BCUT2D eigenvalue weighted by Gasteiger charge is 2.20. The number of phenols is 1. The van der Waals surface area contributed by atoms with Crippen molar-refractivity contribution in [2.24, 2.45) is 0 Å². The quantitative estimate of drug-likeness (QED) is 0.668. The number of carbonyl (C=O) groups is 2. The van der Waals surface area contributed by atoms with E-state index in [1.165, 1.54) is 0 Å². The van der Waals surface area contributed by atoms with Crippen molar-refractivity contribution in [2.45, 2.75) is 6.92 Å². The van der Waals surface area contributed by atoms with Crippen molar-refractivity contribution in [2.75, 3.05) is 6.61 Å². The van der Waals surface area contributed by atoms with Gasteiger partial charge in [0.05, 0.1) is 11.1 Å². The van der Waals surface area contributed by atoms with Gasteiger partial charge in [-0.2, -0.15) is 0 Å². The fraction of sp³-hybridized carbons (Fsp3) is 0.125.